The maximum Gasteiger partial charge on any atom is 0.171 e. The van der Waals surface area contributed by atoms with Gasteiger partial charge in [0, 0.05) is 16.1 Å². The van der Waals surface area contributed by atoms with Crippen LogP contribution in [0.3, 0.4) is 0 Å². The lowest BCUT2D eigenvalue weighted by molar-refractivity contribution is 0.503. The molecule has 0 fully saturated rings. The zero-order valence-corrected chi connectivity index (χ0v) is 14.9. The second kappa shape index (κ2) is 8.19. The van der Waals surface area contributed by atoms with E-state index in [1.807, 2.05) is 48.5 Å². The Kier molecular flexibility index (Phi) is 5.74. The lowest BCUT2D eigenvalue weighted by Gasteiger charge is -2.12. The maximum atomic E-state index is 5.92. The zero-order chi connectivity index (χ0) is 16.8. The monoisotopic (exact) mass is 375 g/mol. The van der Waals surface area contributed by atoms with E-state index in [0.29, 0.717) is 16.7 Å². The van der Waals surface area contributed by atoms with Crippen molar-refractivity contribution >= 4 is 46.4 Å². The highest BCUT2D eigenvalue weighted by Crippen LogP contribution is 2.32. The van der Waals surface area contributed by atoms with Crippen LogP contribution in [0.5, 0.6) is 0 Å². The summed E-state index contributed by atoms with van der Waals surface area (Å²) in [5.74, 6) is 0.820. The van der Waals surface area contributed by atoms with Crippen LogP contribution in [0.15, 0.2) is 75.3 Å². The number of halogens is 1. The largest absolute Gasteiger partial charge is 0.467 e. The van der Waals surface area contributed by atoms with Crippen molar-refractivity contribution in [2.45, 2.75) is 16.5 Å². The molecule has 0 atom stereocenters. The summed E-state index contributed by atoms with van der Waals surface area (Å²) in [7, 11) is 0. The second-order valence-electron chi connectivity index (χ2n) is 4.80. The molecular weight excluding hydrogens is 362 g/mol. The molecule has 0 aliphatic carbocycles. The number of benzene rings is 1. The molecule has 24 heavy (non-hydrogen) atoms. The predicted octanol–water partition coefficient (Wildman–Crippen LogP) is 4.97. The van der Waals surface area contributed by atoms with Crippen LogP contribution in [0.1, 0.15) is 5.76 Å². The minimum atomic E-state index is 0.511. The Balaban J connectivity index is 1.65. The maximum absolute atomic E-state index is 5.92. The van der Waals surface area contributed by atoms with Gasteiger partial charge < -0.3 is 15.1 Å². The number of hydrogen-bond donors (Lipinski definition) is 2. The van der Waals surface area contributed by atoms with E-state index >= 15 is 0 Å². The van der Waals surface area contributed by atoms with Crippen LogP contribution in [0.2, 0.25) is 5.02 Å². The van der Waals surface area contributed by atoms with Gasteiger partial charge in [0.05, 0.1) is 18.5 Å². The Labute approximate surface area is 154 Å². The van der Waals surface area contributed by atoms with E-state index in [1.54, 1.807) is 24.2 Å². The molecule has 0 amide bonds. The molecule has 2 aromatic heterocycles. The molecule has 0 aliphatic heterocycles. The molecule has 4 nitrogen and oxygen atoms in total. The first-order chi connectivity index (χ1) is 11.7. The van der Waals surface area contributed by atoms with E-state index in [4.69, 9.17) is 28.2 Å². The normalized spacial score (nSPS) is 10.4. The summed E-state index contributed by atoms with van der Waals surface area (Å²) < 4.78 is 5.27. The van der Waals surface area contributed by atoms with Crippen LogP contribution in [0, 0.1) is 0 Å². The number of rotatable bonds is 5. The van der Waals surface area contributed by atoms with E-state index < -0.39 is 0 Å². The van der Waals surface area contributed by atoms with E-state index in [-0.39, 0.29) is 0 Å². The number of nitrogens with zero attached hydrogens (tertiary/aromatic N) is 1. The second-order valence-corrected chi connectivity index (χ2v) is 6.71. The molecule has 122 valence electrons. The summed E-state index contributed by atoms with van der Waals surface area (Å²) >= 11 is 12.8. The Bertz CT molecular complexity index is 807. The number of anilines is 1. The molecule has 0 aliphatic rings. The van der Waals surface area contributed by atoms with Crippen molar-refractivity contribution < 1.29 is 4.42 Å². The molecule has 0 bridgehead atoms. The summed E-state index contributed by atoms with van der Waals surface area (Å²) in [6, 6.07) is 15.2. The topological polar surface area (TPSA) is 50.1 Å². The summed E-state index contributed by atoms with van der Waals surface area (Å²) in [5.41, 5.74) is 0.842. The van der Waals surface area contributed by atoms with E-state index in [9.17, 15) is 0 Å². The lowest BCUT2D eigenvalue weighted by atomic mass is 10.4. The zero-order valence-electron chi connectivity index (χ0n) is 12.5. The van der Waals surface area contributed by atoms with Gasteiger partial charge in [-0.05, 0) is 60.7 Å². The predicted molar refractivity (Wildman–Crippen MR) is 102 cm³/mol. The van der Waals surface area contributed by atoms with E-state index in [1.165, 1.54) is 0 Å². The van der Waals surface area contributed by atoms with Crippen LogP contribution < -0.4 is 10.6 Å². The molecule has 2 N–H and O–H groups in total. The van der Waals surface area contributed by atoms with Crippen LogP contribution in [0.25, 0.3) is 0 Å². The highest BCUT2D eigenvalue weighted by Gasteiger charge is 2.08. The van der Waals surface area contributed by atoms with Gasteiger partial charge in [0.25, 0.3) is 0 Å². The number of nitrogens with one attached hydrogen (secondary N) is 2. The van der Waals surface area contributed by atoms with Crippen molar-refractivity contribution in [1.82, 2.24) is 10.3 Å². The molecule has 0 saturated carbocycles. The van der Waals surface area contributed by atoms with E-state index in [2.05, 4.69) is 15.6 Å². The molecule has 0 unspecified atom stereocenters. The number of hydrogen-bond acceptors (Lipinski definition) is 4. The first-order valence-corrected chi connectivity index (χ1v) is 8.76. The summed E-state index contributed by atoms with van der Waals surface area (Å²) in [6.45, 7) is 0.527. The minimum Gasteiger partial charge on any atom is -0.467 e. The van der Waals surface area contributed by atoms with Crippen LogP contribution in [-0.2, 0) is 6.54 Å². The summed E-state index contributed by atoms with van der Waals surface area (Å²) in [5, 5.41) is 8.33. The average Bonchev–Trinajstić information content (AvgIpc) is 3.10. The number of thiocarbonyl (C=S) groups is 1. The fourth-order valence-corrected chi connectivity index (χ4v) is 3.07. The SMILES string of the molecule is S=C(NCc1ccco1)Nc1cccnc1Sc1ccc(Cl)cc1. The molecular formula is C17H14ClN3OS2. The summed E-state index contributed by atoms with van der Waals surface area (Å²) in [6.07, 6.45) is 3.39. The Morgan fingerprint density at radius 2 is 2.00 bits per heavy atom. The molecule has 0 saturated heterocycles. The third-order valence-corrected chi connectivity index (χ3v) is 4.58. The molecule has 7 heteroatoms. The van der Waals surface area contributed by atoms with Gasteiger partial charge in [-0.15, -0.1) is 0 Å². The molecule has 3 rings (SSSR count). The minimum absolute atomic E-state index is 0.511. The van der Waals surface area contributed by atoms with Gasteiger partial charge in [-0.25, -0.2) is 4.98 Å². The third-order valence-electron chi connectivity index (χ3n) is 3.05. The Morgan fingerprint density at radius 1 is 1.17 bits per heavy atom. The van der Waals surface area contributed by atoms with E-state index in [0.717, 1.165) is 21.4 Å². The summed E-state index contributed by atoms with van der Waals surface area (Å²) in [4.78, 5) is 5.47. The highest BCUT2D eigenvalue weighted by atomic mass is 35.5. The Morgan fingerprint density at radius 3 is 2.75 bits per heavy atom. The standard InChI is InChI=1S/C17H14ClN3OS2/c18-12-5-7-14(8-6-12)24-16-15(4-1-9-19-16)21-17(23)20-11-13-3-2-10-22-13/h1-10H,11H2,(H2,20,21,23). The van der Waals surface area contributed by atoms with Crippen LogP contribution >= 0.6 is 35.6 Å². The van der Waals surface area contributed by atoms with Gasteiger partial charge in [-0.3, -0.25) is 0 Å². The molecule has 3 aromatic rings. The van der Waals surface area contributed by atoms with Crippen LogP contribution in [-0.4, -0.2) is 10.1 Å². The third kappa shape index (κ3) is 4.74. The highest BCUT2D eigenvalue weighted by molar-refractivity contribution is 7.99. The number of aromatic nitrogens is 1. The van der Waals surface area contributed by atoms with Gasteiger partial charge in [0.1, 0.15) is 10.8 Å². The molecule has 2 heterocycles. The van der Waals surface area contributed by atoms with Gasteiger partial charge >= 0.3 is 0 Å². The van der Waals surface area contributed by atoms with Crippen molar-refractivity contribution in [2.24, 2.45) is 0 Å². The fraction of sp³-hybridized carbons (Fsp3) is 0.0588. The van der Waals surface area contributed by atoms with Crippen LogP contribution in [0.4, 0.5) is 5.69 Å². The lowest BCUT2D eigenvalue weighted by Crippen LogP contribution is -2.28. The molecule has 0 radical (unpaired) electrons. The van der Waals surface area contributed by atoms with Crippen molar-refractivity contribution in [3.8, 4) is 0 Å². The molecule has 1 aromatic carbocycles. The van der Waals surface area contributed by atoms with Gasteiger partial charge in [0.15, 0.2) is 5.11 Å². The fourth-order valence-electron chi connectivity index (χ4n) is 1.93. The smallest absolute Gasteiger partial charge is 0.171 e. The molecule has 0 spiro atoms. The van der Waals surface area contributed by atoms with Gasteiger partial charge in [-0.1, -0.05) is 23.4 Å². The Hall–Kier alpha value is -2.02. The first-order valence-electron chi connectivity index (χ1n) is 7.16. The first kappa shape index (κ1) is 16.8. The average molecular weight is 376 g/mol. The van der Waals surface area contributed by atoms with Gasteiger partial charge in [-0.2, -0.15) is 0 Å². The van der Waals surface area contributed by atoms with Gasteiger partial charge in [0.2, 0.25) is 0 Å². The number of furan rings is 1. The van der Waals surface area contributed by atoms with Crippen molar-refractivity contribution in [1.29, 1.82) is 0 Å². The number of pyridine rings is 1. The van der Waals surface area contributed by atoms with Crippen molar-refractivity contribution in [3.63, 3.8) is 0 Å². The van der Waals surface area contributed by atoms with Crippen molar-refractivity contribution in [2.75, 3.05) is 5.32 Å². The quantitative estimate of drug-likeness (QED) is 0.614. The van der Waals surface area contributed by atoms with Crippen molar-refractivity contribution in [3.05, 3.63) is 71.8 Å².